The van der Waals surface area contributed by atoms with Crippen molar-refractivity contribution in [1.82, 2.24) is 4.98 Å². The fourth-order valence-electron chi connectivity index (χ4n) is 4.67. The Morgan fingerprint density at radius 3 is 2.77 bits per heavy atom. The van der Waals surface area contributed by atoms with E-state index in [0.29, 0.717) is 44.6 Å². The van der Waals surface area contributed by atoms with E-state index in [1.165, 1.54) is 41.7 Å². The van der Waals surface area contributed by atoms with Crippen LogP contribution in [0.15, 0.2) is 29.4 Å². The maximum Gasteiger partial charge on any atom is 0.271 e. The Balaban J connectivity index is 0.00000272. The van der Waals surface area contributed by atoms with Gasteiger partial charge >= 0.3 is 0 Å². The van der Waals surface area contributed by atoms with Gasteiger partial charge in [0, 0.05) is 29.4 Å². The minimum absolute atomic E-state index is 0. The van der Waals surface area contributed by atoms with Crippen LogP contribution in [0, 0.1) is 40.2 Å². The Hall–Kier alpha value is -2.33. The zero-order valence-corrected chi connectivity index (χ0v) is 20.4. The van der Waals surface area contributed by atoms with Gasteiger partial charge in [-0.15, -0.1) is 17.0 Å². The van der Waals surface area contributed by atoms with Crippen molar-refractivity contribution in [3.63, 3.8) is 0 Å². The molecule has 2 aromatic rings. The number of nitro groups is 1. The van der Waals surface area contributed by atoms with Gasteiger partial charge in [0.1, 0.15) is 4.88 Å². The highest BCUT2D eigenvalue weighted by atomic mass is 79.9. The Morgan fingerprint density at radius 1 is 1.39 bits per heavy atom. The largest absolute Gasteiger partial charge is 0.321 e. The number of carbonyl (C=O) groups is 1. The molecule has 2 aliphatic rings. The Labute approximate surface area is 195 Å². The quantitative estimate of drug-likeness (QED) is 0.400. The number of halogens is 1. The van der Waals surface area contributed by atoms with Crippen molar-refractivity contribution in [3.05, 3.63) is 45.0 Å². The van der Waals surface area contributed by atoms with Gasteiger partial charge in [-0.3, -0.25) is 20.3 Å². The van der Waals surface area contributed by atoms with Crippen LogP contribution in [0.25, 0.3) is 0 Å². The number of amides is 1. The highest BCUT2D eigenvalue weighted by molar-refractivity contribution is 8.93. The van der Waals surface area contributed by atoms with E-state index in [9.17, 15) is 14.9 Å². The lowest BCUT2D eigenvalue weighted by Gasteiger charge is -2.36. The lowest BCUT2D eigenvalue weighted by Crippen LogP contribution is -2.33. The van der Waals surface area contributed by atoms with E-state index in [-0.39, 0.29) is 28.6 Å². The molecule has 0 spiro atoms. The SMILES string of the molecule is Br.Cc1nc(N/N=C2/CC3CC2C(C)C3(C)C)sc1C(=O)Nc1cccc([N+](=O)[O-])c1. The second-order valence-electron chi connectivity index (χ2n) is 8.76. The highest BCUT2D eigenvalue weighted by Crippen LogP contribution is 2.57. The summed E-state index contributed by atoms with van der Waals surface area (Å²) in [5.74, 6) is 1.44. The van der Waals surface area contributed by atoms with E-state index in [1.807, 2.05) is 0 Å². The maximum atomic E-state index is 12.6. The average molecular weight is 508 g/mol. The highest BCUT2D eigenvalue weighted by Gasteiger charge is 2.53. The Kier molecular flexibility index (Phi) is 6.52. The van der Waals surface area contributed by atoms with Crippen LogP contribution in [0.1, 0.15) is 49.0 Å². The molecule has 10 heteroatoms. The van der Waals surface area contributed by atoms with Crippen molar-refractivity contribution in [1.29, 1.82) is 0 Å². The predicted molar refractivity (Wildman–Crippen MR) is 128 cm³/mol. The first-order chi connectivity index (χ1) is 14.2. The van der Waals surface area contributed by atoms with E-state index in [1.54, 1.807) is 13.0 Å². The molecule has 4 rings (SSSR count). The fraction of sp³-hybridized carbons (Fsp3) is 0.476. The van der Waals surface area contributed by atoms with Gasteiger partial charge in [0.05, 0.1) is 10.6 Å². The van der Waals surface area contributed by atoms with Gasteiger partial charge in [-0.2, -0.15) is 5.10 Å². The number of hydrogen-bond donors (Lipinski definition) is 2. The first-order valence-electron chi connectivity index (χ1n) is 10.0. The number of carbonyl (C=O) groups excluding carboxylic acids is 1. The normalized spacial score (nSPS) is 24.6. The fourth-order valence-corrected chi connectivity index (χ4v) is 5.47. The van der Waals surface area contributed by atoms with Crippen LogP contribution in [0.4, 0.5) is 16.5 Å². The minimum atomic E-state index is -0.494. The third-order valence-corrected chi connectivity index (χ3v) is 7.92. The van der Waals surface area contributed by atoms with Crippen molar-refractivity contribution >= 4 is 56.4 Å². The van der Waals surface area contributed by atoms with Gasteiger partial charge in [-0.05, 0) is 43.1 Å². The van der Waals surface area contributed by atoms with Crippen LogP contribution < -0.4 is 10.7 Å². The Morgan fingerprint density at radius 2 is 2.13 bits per heavy atom. The molecule has 2 fully saturated rings. The Bertz CT molecular complexity index is 1050. The van der Waals surface area contributed by atoms with Gasteiger partial charge in [0.15, 0.2) is 0 Å². The molecule has 8 nitrogen and oxygen atoms in total. The number of hydrogen-bond acceptors (Lipinski definition) is 7. The van der Waals surface area contributed by atoms with Crippen molar-refractivity contribution in [2.24, 2.45) is 28.3 Å². The van der Waals surface area contributed by atoms with Crippen LogP contribution in [0.3, 0.4) is 0 Å². The molecule has 166 valence electrons. The lowest BCUT2D eigenvalue weighted by atomic mass is 9.69. The molecule has 31 heavy (non-hydrogen) atoms. The topological polar surface area (TPSA) is 110 Å². The van der Waals surface area contributed by atoms with Crippen molar-refractivity contribution < 1.29 is 9.72 Å². The summed E-state index contributed by atoms with van der Waals surface area (Å²) in [5.41, 5.74) is 5.49. The number of anilines is 2. The van der Waals surface area contributed by atoms with E-state index < -0.39 is 4.92 Å². The maximum absolute atomic E-state index is 12.6. The minimum Gasteiger partial charge on any atom is -0.321 e. The predicted octanol–water partition coefficient (Wildman–Crippen LogP) is 5.66. The van der Waals surface area contributed by atoms with Gasteiger partial charge in [0.2, 0.25) is 5.13 Å². The molecule has 1 aromatic carbocycles. The summed E-state index contributed by atoms with van der Waals surface area (Å²) in [5, 5.41) is 18.8. The van der Waals surface area contributed by atoms with Gasteiger partial charge < -0.3 is 5.32 Å². The van der Waals surface area contributed by atoms with Crippen molar-refractivity contribution in [2.45, 2.75) is 40.5 Å². The zero-order valence-electron chi connectivity index (χ0n) is 17.8. The number of aryl methyl sites for hydroxylation is 1. The number of nitrogens with one attached hydrogen (secondary N) is 2. The molecule has 2 saturated carbocycles. The molecule has 2 bridgehead atoms. The third kappa shape index (κ3) is 4.36. The molecule has 1 aromatic heterocycles. The van der Waals surface area contributed by atoms with Crippen molar-refractivity contribution in [2.75, 3.05) is 10.7 Å². The lowest BCUT2D eigenvalue weighted by molar-refractivity contribution is -0.384. The van der Waals surface area contributed by atoms with Gasteiger partial charge in [-0.1, -0.05) is 38.2 Å². The molecule has 0 saturated heterocycles. The molecule has 2 N–H and O–H groups in total. The van der Waals surface area contributed by atoms with Crippen LogP contribution in [0.5, 0.6) is 0 Å². The molecular formula is C21H26BrN5O3S. The number of non-ortho nitro benzene ring substituents is 1. The summed E-state index contributed by atoms with van der Waals surface area (Å²) < 4.78 is 0. The summed E-state index contributed by atoms with van der Waals surface area (Å²) in [6.45, 7) is 8.77. The van der Waals surface area contributed by atoms with E-state index in [4.69, 9.17) is 0 Å². The summed E-state index contributed by atoms with van der Waals surface area (Å²) in [6, 6.07) is 5.86. The molecule has 1 amide bonds. The molecule has 2 aliphatic carbocycles. The third-order valence-electron chi connectivity index (χ3n) is 6.86. The number of nitrogens with zero attached hydrogens (tertiary/aromatic N) is 3. The van der Waals surface area contributed by atoms with Crippen LogP contribution >= 0.6 is 28.3 Å². The number of fused-ring (bicyclic) bond motifs is 2. The number of hydrazone groups is 1. The number of nitro benzene ring substituents is 1. The first kappa shape index (κ1) is 23.3. The molecule has 0 aliphatic heterocycles. The second-order valence-corrected chi connectivity index (χ2v) is 9.76. The van der Waals surface area contributed by atoms with Gasteiger partial charge in [-0.25, -0.2) is 4.98 Å². The number of aromatic nitrogens is 1. The number of benzene rings is 1. The molecular weight excluding hydrogens is 482 g/mol. The van der Waals surface area contributed by atoms with Crippen LogP contribution in [-0.4, -0.2) is 21.5 Å². The molecule has 0 radical (unpaired) electrons. The van der Waals surface area contributed by atoms with Gasteiger partial charge in [0.25, 0.3) is 11.6 Å². The van der Waals surface area contributed by atoms with Crippen LogP contribution in [-0.2, 0) is 0 Å². The molecule has 3 atom stereocenters. The van der Waals surface area contributed by atoms with E-state index >= 15 is 0 Å². The molecule has 1 heterocycles. The number of rotatable bonds is 5. The second kappa shape index (κ2) is 8.66. The summed E-state index contributed by atoms with van der Waals surface area (Å²) >= 11 is 1.23. The standard InChI is InChI=1S/C21H25N5O3S.BrH/c1-11-16-8-13(21(11,3)4)9-17(16)24-25-20-22-12(2)18(30-20)19(27)23-14-6-5-7-15(10-14)26(28)29;/h5-7,10-11,13,16H,8-9H2,1-4H3,(H,22,25)(H,23,27);1H/b24-17-;. The first-order valence-corrected chi connectivity index (χ1v) is 10.8. The monoisotopic (exact) mass is 507 g/mol. The van der Waals surface area contributed by atoms with E-state index in [0.717, 1.165) is 6.42 Å². The smallest absolute Gasteiger partial charge is 0.271 e. The zero-order chi connectivity index (χ0) is 21.6. The summed E-state index contributed by atoms with van der Waals surface area (Å²) in [7, 11) is 0. The average Bonchev–Trinajstić information content (AvgIpc) is 3.34. The summed E-state index contributed by atoms with van der Waals surface area (Å²) in [4.78, 5) is 27.9. The van der Waals surface area contributed by atoms with Crippen molar-refractivity contribution in [3.8, 4) is 0 Å². The summed E-state index contributed by atoms with van der Waals surface area (Å²) in [6.07, 6.45) is 2.21. The van der Waals surface area contributed by atoms with Crippen LogP contribution in [0.2, 0.25) is 0 Å². The molecule has 3 unspecified atom stereocenters. The van der Waals surface area contributed by atoms with E-state index in [2.05, 4.69) is 41.6 Å². The number of thiazole rings is 1.